The minimum atomic E-state index is -0.262. The van der Waals surface area contributed by atoms with Crippen LogP contribution in [0, 0.1) is 5.92 Å². The van der Waals surface area contributed by atoms with E-state index in [0.29, 0.717) is 24.5 Å². The van der Waals surface area contributed by atoms with E-state index in [2.05, 4.69) is 10.6 Å². The van der Waals surface area contributed by atoms with Crippen LogP contribution in [0.4, 0.5) is 5.69 Å². The lowest BCUT2D eigenvalue weighted by Crippen LogP contribution is -2.37. The monoisotopic (exact) mass is 291 g/mol. The minimum Gasteiger partial charge on any atom is -0.489 e. The molecule has 1 aliphatic rings. The van der Waals surface area contributed by atoms with E-state index in [1.165, 1.54) is 0 Å². The Balaban J connectivity index is 2.14. The van der Waals surface area contributed by atoms with Gasteiger partial charge in [0.25, 0.3) is 5.91 Å². The summed E-state index contributed by atoms with van der Waals surface area (Å²) in [5, 5.41) is 5.79. The van der Waals surface area contributed by atoms with Crippen molar-refractivity contribution in [3.05, 3.63) is 23.8 Å². The van der Waals surface area contributed by atoms with Crippen molar-refractivity contribution in [2.45, 2.75) is 6.92 Å². The van der Waals surface area contributed by atoms with Crippen LogP contribution in [0.5, 0.6) is 5.75 Å². The number of para-hydroxylation sites is 1. The Hall–Kier alpha value is -2.24. The lowest BCUT2D eigenvalue weighted by atomic mass is 10.1. The van der Waals surface area contributed by atoms with Gasteiger partial charge in [0, 0.05) is 27.2 Å². The summed E-state index contributed by atoms with van der Waals surface area (Å²) in [5.41, 5.74) is 1.35. The van der Waals surface area contributed by atoms with Gasteiger partial charge in [-0.25, -0.2) is 0 Å². The number of benzene rings is 1. The molecule has 0 fully saturated rings. The molecule has 21 heavy (non-hydrogen) atoms. The fourth-order valence-corrected chi connectivity index (χ4v) is 2.37. The number of hydrogen-bond acceptors (Lipinski definition) is 4. The van der Waals surface area contributed by atoms with Gasteiger partial charge in [-0.3, -0.25) is 9.59 Å². The predicted octanol–water partition coefficient (Wildman–Crippen LogP) is 0.945. The number of carbonyl (C=O) groups is 2. The Kier molecular flexibility index (Phi) is 4.67. The van der Waals surface area contributed by atoms with Crippen molar-refractivity contribution < 1.29 is 14.3 Å². The summed E-state index contributed by atoms with van der Waals surface area (Å²) >= 11 is 0. The lowest BCUT2D eigenvalue weighted by Gasteiger charge is -2.25. The van der Waals surface area contributed by atoms with Gasteiger partial charge in [-0.1, -0.05) is 13.0 Å². The summed E-state index contributed by atoms with van der Waals surface area (Å²) in [6.07, 6.45) is 0. The number of nitrogens with one attached hydrogen (secondary N) is 2. The van der Waals surface area contributed by atoms with Gasteiger partial charge in [0.05, 0.1) is 17.2 Å². The fourth-order valence-electron chi connectivity index (χ4n) is 2.37. The van der Waals surface area contributed by atoms with Gasteiger partial charge in [-0.05, 0) is 12.1 Å². The molecule has 0 saturated carbocycles. The first-order valence-electron chi connectivity index (χ1n) is 7.01. The van der Waals surface area contributed by atoms with Crippen molar-refractivity contribution >= 4 is 17.5 Å². The van der Waals surface area contributed by atoms with Crippen molar-refractivity contribution in [1.82, 2.24) is 10.2 Å². The largest absolute Gasteiger partial charge is 0.489 e. The molecule has 0 aliphatic carbocycles. The van der Waals surface area contributed by atoms with Crippen LogP contribution in [0.1, 0.15) is 17.3 Å². The van der Waals surface area contributed by atoms with E-state index in [1.807, 2.05) is 12.1 Å². The highest BCUT2D eigenvalue weighted by molar-refractivity contribution is 5.99. The first kappa shape index (κ1) is 15.2. The van der Waals surface area contributed by atoms with E-state index in [4.69, 9.17) is 4.74 Å². The molecule has 2 rings (SSSR count). The summed E-state index contributed by atoms with van der Waals surface area (Å²) in [4.78, 5) is 25.7. The normalized spacial score (nSPS) is 14.2. The maximum absolute atomic E-state index is 12.5. The van der Waals surface area contributed by atoms with Crippen molar-refractivity contribution in [2.75, 3.05) is 39.1 Å². The summed E-state index contributed by atoms with van der Waals surface area (Å²) in [5.74, 6) is 0.102. The van der Waals surface area contributed by atoms with E-state index in [9.17, 15) is 9.59 Å². The molecule has 1 unspecified atom stereocenters. The van der Waals surface area contributed by atoms with E-state index in [1.54, 1.807) is 32.0 Å². The van der Waals surface area contributed by atoms with E-state index in [-0.39, 0.29) is 17.7 Å². The van der Waals surface area contributed by atoms with Gasteiger partial charge in [0.2, 0.25) is 5.91 Å². The average molecular weight is 291 g/mol. The number of rotatable bonds is 4. The minimum absolute atomic E-state index is 0.0809. The van der Waals surface area contributed by atoms with Crippen LogP contribution < -0.4 is 15.4 Å². The lowest BCUT2D eigenvalue weighted by molar-refractivity contribution is -0.124. The van der Waals surface area contributed by atoms with Crippen LogP contribution in [-0.2, 0) is 4.79 Å². The number of nitrogens with zero attached hydrogens (tertiary/aromatic N) is 1. The SMILES string of the molecule is CNC(=O)C(C)CN(C)C(=O)c1cccc2c1OCCN2. The van der Waals surface area contributed by atoms with Gasteiger partial charge < -0.3 is 20.3 Å². The number of fused-ring (bicyclic) bond motifs is 1. The second-order valence-corrected chi connectivity index (χ2v) is 5.16. The highest BCUT2D eigenvalue weighted by atomic mass is 16.5. The molecule has 1 aliphatic heterocycles. The van der Waals surface area contributed by atoms with Crippen LogP contribution >= 0.6 is 0 Å². The van der Waals surface area contributed by atoms with Crippen LogP contribution in [0.25, 0.3) is 0 Å². The van der Waals surface area contributed by atoms with Gasteiger partial charge in [-0.15, -0.1) is 0 Å². The molecule has 1 aromatic rings. The Morgan fingerprint density at radius 3 is 2.95 bits per heavy atom. The second kappa shape index (κ2) is 6.47. The molecule has 114 valence electrons. The Labute approximate surface area is 124 Å². The smallest absolute Gasteiger partial charge is 0.257 e. The molecule has 1 atom stereocenters. The van der Waals surface area contributed by atoms with Gasteiger partial charge in [0.1, 0.15) is 6.61 Å². The van der Waals surface area contributed by atoms with E-state index >= 15 is 0 Å². The molecule has 0 radical (unpaired) electrons. The molecule has 0 saturated heterocycles. The highest BCUT2D eigenvalue weighted by Crippen LogP contribution is 2.31. The number of carbonyl (C=O) groups excluding carboxylic acids is 2. The first-order valence-corrected chi connectivity index (χ1v) is 7.01. The maximum Gasteiger partial charge on any atom is 0.257 e. The summed E-state index contributed by atoms with van der Waals surface area (Å²) in [6.45, 7) is 3.42. The molecule has 1 heterocycles. The summed E-state index contributed by atoms with van der Waals surface area (Å²) in [6, 6.07) is 5.46. The van der Waals surface area contributed by atoms with Crippen molar-refractivity contribution in [2.24, 2.45) is 5.92 Å². The van der Waals surface area contributed by atoms with Crippen molar-refractivity contribution in [3.63, 3.8) is 0 Å². The number of amides is 2. The van der Waals surface area contributed by atoms with Crippen LogP contribution in [0.15, 0.2) is 18.2 Å². The highest BCUT2D eigenvalue weighted by Gasteiger charge is 2.23. The molecule has 6 nitrogen and oxygen atoms in total. The summed E-state index contributed by atoms with van der Waals surface area (Å²) in [7, 11) is 3.28. The van der Waals surface area contributed by atoms with Crippen molar-refractivity contribution in [3.8, 4) is 5.75 Å². The second-order valence-electron chi connectivity index (χ2n) is 5.16. The van der Waals surface area contributed by atoms with Gasteiger partial charge in [0.15, 0.2) is 5.75 Å². The molecular weight excluding hydrogens is 270 g/mol. The standard InChI is InChI=1S/C15H21N3O3/c1-10(14(19)16-2)9-18(3)15(20)11-5-4-6-12-13(11)21-8-7-17-12/h4-6,10,17H,7-9H2,1-3H3,(H,16,19). The van der Waals surface area contributed by atoms with Gasteiger partial charge >= 0.3 is 0 Å². The first-order chi connectivity index (χ1) is 10.0. The molecule has 2 amide bonds. The molecular formula is C15H21N3O3. The van der Waals surface area contributed by atoms with E-state index < -0.39 is 0 Å². The van der Waals surface area contributed by atoms with Crippen molar-refractivity contribution in [1.29, 1.82) is 0 Å². The Bertz CT molecular complexity index is 545. The molecule has 2 N–H and O–H groups in total. The average Bonchev–Trinajstić information content (AvgIpc) is 2.52. The third-order valence-corrected chi connectivity index (χ3v) is 3.50. The molecule has 0 bridgehead atoms. The third-order valence-electron chi connectivity index (χ3n) is 3.50. The van der Waals surface area contributed by atoms with Gasteiger partial charge in [-0.2, -0.15) is 0 Å². The number of anilines is 1. The summed E-state index contributed by atoms with van der Waals surface area (Å²) < 4.78 is 5.61. The molecule has 6 heteroatoms. The van der Waals surface area contributed by atoms with Crippen LogP contribution in [0.2, 0.25) is 0 Å². The topological polar surface area (TPSA) is 70.7 Å². The third kappa shape index (κ3) is 3.26. The number of ether oxygens (including phenoxy) is 1. The zero-order valence-electron chi connectivity index (χ0n) is 12.6. The zero-order chi connectivity index (χ0) is 15.4. The predicted molar refractivity (Wildman–Crippen MR) is 80.6 cm³/mol. The van der Waals surface area contributed by atoms with Crippen LogP contribution in [0.3, 0.4) is 0 Å². The quantitative estimate of drug-likeness (QED) is 0.866. The van der Waals surface area contributed by atoms with E-state index in [0.717, 1.165) is 12.2 Å². The maximum atomic E-state index is 12.5. The van der Waals surface area contributed by atoms with Crippen LogP contribution in [-0.4, -0.2) is 50.5 Å². The molecule has 1 aromatic carbocycles. The zero-order valence-corrected chi connectivity index (χ0v) is 12.6. The molecule has 0 aromatic heterocycles. The number of hydrogen-bond donors (Lipinski definition) is 2. The molecule has 0 spiro atoms. The Morgan fingerprint density at radius 1 is 1.48 bits per heavy atom. The Morgan fingerprint density at radius 2 is 2.24 bits per heavy atom. The fraction of sp³-hybridized carbons (Fsp3) is 0.467.